The lowest BCUT2D eigenvalue weighted by atomic mass is 10.1. The van der Waals surface area contributed by atoms with Crippen LogP contribution in [0, 0.1) is 0 Å². The first kappa shape index (κ1) is 31.1. The van der Waals surface area contributed by atoms with Crippen LogP contribution in [0.1, 0.15) is 109 Å². The fourth-order valence-electron chi connectivity index (χ4n) is 5.15. The Labute approximate surface area is 242 Å². The molecule has 0 aliphatic carbocycles. The first-order valence-corrected chi connectivity index (χ1v) is 16.2. The molecule has 0 atom stereocenters. The predicted octanol–water partition coefficient (Wildman–Crippen LogP) is 9.69. The number of para-hydroxylation sites is 1. The zero-order valence-electron chi connectivity index (χ0n) is 24.6. The van der Waals surface area contributed by atoms with Crippen molar-refractivity contribution in [3.8, 4) is 5.75 Å². The Balaban J connectivity index is 1.41. The van der Waals surface area contributed by atoms with Crippen LogP contribution in [0.15, 0.2) is 59.6 Å². The van der Waals surface area contributed by atoms with Gasteiger partial charge in [-0.05, 0) is 47.6 Å². The number of thioether (sulfide) groups is 1. The van der Waals surface area contributed by atoms with Crippen molar-refractivity contribution >= 4 is 23.4 Å². The Hall–Kier alpha value is -2.40. The van der Waals surface area contributed by atoms with Gasteiger partial charge in [0.15, 0.2) is 0 Å². The van der Waals surface area contributed by atoms with Crippen LogP contribution in [0.2, 0.25) is 0 Å². The Morgan fingerprint density at radius 1 is 0.897 bits per heavy atom. The van der Waals surface area contributed by atoms with Crippen LogP contribution in [-0.4, -0.2) is 23.3 Å². The molecule has 1 aliphatic rings. The van der Waals surface area contributed by atoms with E-state index in [1.54, 1.807) is 6.92 Å². The highest BCUT2D eigenvalue weighted by atomic mass is 32.2. The van der Waals surface area contributed by atoms with Crippen LogP contribution < -0.4 is 9.64 Å². The molecular formula is C34H50N2O2S. The van der Waals surface area contributed by atoms with Crippen molar-refractivity contribution in [1.82, 2.24) is 4.90 Å². The molecule has 5 heteroatoms. The van der Waals surface area contributed by atoms with Gasteiger partial charge < -0.3 is 14.5 Å². The topological polar surface area (TPSA) is 32.8 Å². The summed E-state index contributed by atoms with van der Waals surface area (Å²) in [7, 11) is 0. The number of unbranched alkanes of at least 4 members (excludes halogenated alkanes) is 11. The second-order valence-electron chi connectivity index (χ2n) is 10.9. The van der Waals surface area contributed by atoms with Crippen molar-refractivity contribution < 1.29 is 9.53 Å². The molecular weight excluding hydrogens is 500 g/mol. The van der Waals surface area contributed by atoms with Gasteiger partial charge >= 0.3 is 0 Å². The normalized spacial score (nSPS) is 13.0. The van der Waals surface area contributed by atoms with E-state index in [1.807, 2.05) is 34.9 Å². The van der Waals surface area contributed by atoms with E-state index < -0.39 is 0 Å². The largest absolute Gasteiger partial charge is 0.494 e. The second kappa shape index (κ2) is 18.0. The summed E-state index contributed by atoms with van der Waals surface area (Å²) in [4.78, 5) is 18.3. The number of amides is 1. The maximum atomic E-state index is 12.7. The Morgan fingerprint density at radius 3 is 2.21 bits per heavy atom. The molecule has 214 valence electrons. The number of rotatable bonds is 19. The number of anilines is 1. The van der Waals surface area contributed by atoms with Gasteiger partial charge in [0.05, 0.1) is 19.0 Å². The third kappa shape index (κ3) is 11.7. The van der Waals surface area contributed by atoms with E-state index in [0.29, 0.717) is 6.54 Å². The fraction of sp³-hybridized carbons (Fsp3) is 0.559. The molecule has 0 N–H and O–H groups in total. The molecule has 0 saturated heterocycles. The van der Waals surface area contributed by atoms with Crippen molar-refractivity contribution in [2.45, 2.75) is 111 Å². The van der Waals surface area contributed by atoms with Gasteiger partial charge in [-0.25, -0.2) is 0 Å². The van der Waals surface area contributed by atoms with E-state index in [2.05, 4.69) is 55.3 Å². The first-order chi connectivity index (χ1) is 19.1. The number of carbonyl (C=O) groups is 1. The molecule has 4 nitrogen and oxygen atoms in total. The van der Waals surface area contributed by atoms with Crippen LogP contribution >= 0.6 is 11.8 Å². The lowest BCUT2D eigenvalue weighted by Crippen LogP contribution is -2.29. The molecule has 3 rings (SSSR count). The molecule has 2 aromatic carbocycles. The highest BCUT2D eigenvalue weighted by Gasteiger charge is 2.18. The molecule has 0 unspecified atom stereocenters. The van der Waals surface area contributed by atoms with E-state index in [4.69, 9.17) is 4.74 Å². The molecule has 39 heavy (non-hydrogen) atoms. The summed E-state index contributed by atoms with van der Waals surface area (Å²) >= 11 is 1.86. The van der Waals surface area contributed by atoms with Gasteiger partial charge in [-0.1, -0.05) is 108 Å². The van der Waals surface area contributed by atoms with Crippen LogP contribution in [-0.2, 0) is 17.9 Å². The quantitative estimate of drug-likeness (QED) is 0.163. The minimum Gasteiger partial charge on any atom is -0.494 e. The van der Waals surface area contributed by atoms with Crippen LogP contribution in [0.3, 0.4) is 0 Å². The van der Waals surface area contributed by atoms with Crippen molar-refractivity contribution in [3.63, 3.8) is 0 Å². The first-order valence-electron chi connectivity index (χ1n) is 15.2. The van der Waals surface area contributed by atoms with Gasteiger partial charge in [-0.15, -0.1) is 11.8 Å². The molecule has 0 radical (unpaired) electrons. The Bertz CT molecular complexity index is 1020. The Morgan fingerprint density at radius 2 is 1.56 bits per heavy atom. The maximum Gasteiger partial charge on any atom is 0.224 e. The van der Waals surface area contributed by atoms with Gasteiger partial charge in [-0.3, -0.25) is 4.79 Å². The number of benzene rings is 2. The van der Waals surface area contributed by atoms with E-state index >= 15 is 0 Å². The van der Waals surface area contributed by atoms with Gasteiger partial charge in [-0.2, -0.15) is 0 Å². The van der Waals surface area contributed by atoms with Gasteiger partial charge in [0, 0.05) is 25.4 Å². The summed E-state index contributed by atoms with van der Waals surface area (Å²) in [6.45, 7) is 8.16. The lowest BCUT2D eigenvalue weighted by molar-refractivity contribution is -0.116. The average Bonchev–Trinajstić information content (AvgIpc) is 3.35. The number of hydrogen-bond acceptors (Lipinski definition) is 4. The zero-order valence-corrected chi connectivity index (χ0v) is 25.4. The van der Waals surface area contributed by atoms with E-state index in [0.717, 1.165) is 42.4 Å². The van der Waals surface area contributed by atoms with Crippen molar-refractivity contribution in [1.29, 1.82) is 0 Å². The summed E-state index contributed by atoms with van der Waals surface area (Å²) in [6, 6.07) is 16.5. The third-order valence-corrected chi connectivity index (χ3v) is 8.39. The lowest BCUT2D eigenvalue weighted by Gasteiger charge is -2.26. The number of carbonyl (C=O) groups excluding carboxylic acids is 1. The zero-order chi connectivity index (χ0) is 27.7. The number of nitrogens with zero attached hydrogens (tertiary/aromatic N) is 2. The average molecular weight is 551 g/mol. The monoisotopic (exact) mass is 550 g/mol. The summed E-state index contributed by atoms with van der Waals surface area (Å²) in [5.74, 6) is 1.90. The highest BCUT2D eigenvalue weighted by molar-refractivity contribution is 8.03. The summed E-state index contributed by atoms with van der Waals surface area (Å²) in [6.07, 6.45) is 18.3. The van der Waals surface area contributed by atoms with Gasteiger partial charge in [0.1, 0.15) is 5.75 Å². The highest BCUT2D eigenvalue weighted by Crippen LogP contribution is 2.30. The summed E-state index contributed by atoms with van der Waals surface area (Å²) in [5, 5.41) is 0. The SMILES string of the molecule is CCCCCCCCCCCCCCOc1cccc(CN(C(C)=O)c2ccccc2CN2C=C(C)SC2)c1. The smallest absolute Gasteiger partial charge is 0.224 e. The van der Waals surface area contributed by atoms with Crippen molar-refractivity contribution in [2.24, 2.45) is 0 Å². The molecule has 0 saturated carbocycles. The van der Waals surface area contributed by atoms with Gasteiger partial charge in [0.2, 0.25) is 5.91 Å². The summed E-state index contributed by atoms with van der Waals surface area (Å²) in [5.41, 5.74) is 3.23. The molecule has 1 amide bonds. The van der Waals surface area contributed by atoms with E-state index in [-0.39, 0.29) is 5.91 Å². The summed E-state index contributed by atoms with van der Waals surface area (Å²) < 4.78 is 6.09. The molecule has 1 aliphatic heterocycles. The number of hydrogen-bond donors (Lipinski definition) is 0. The molecule has 0 bridgehead atoms. The predicted molar refractivity (Wildman–Crippen MR) is 168 cm³/mol. The van der Waals surface area contributed by atoms with Crippen molar-refractivity contribution in [3.05, 3.63) is 70.8 Å². The van der Waals surface area contributed by atoms with E-state index in [9.17, 15) is 4.79 Å². The maximum absolute atomic E-state index is 12.7. The van der Waals surface area contributed by atoms with Crippen LogP contribution in [0.25, 0.3) is 0 Å². The van der Waals surface area contributed by atoms with Gasteiger partial charge in [0.25, 0.3) is 0 Å². The van der Waals surface area contributed by atoms with Crippen molar-refractivity contribution in [2.75, 3.05) is 17.4 Å². The van der Waals surface area contributed by atoms with Crippen LogP contribution in [0.5, 0.6) is 5.75 Å². The van der Waals surface area contributed by atoms with E-state index in [1.165, 1.54) is 81.1 Å². The standard InChI is InChI=1S/C34H50N2O2S/c1-4-5-6-7-8-9-10-11-12-13-14-17-23-38-33-21-18-19-31(24-33)26-36(30(3)37)34-22-16-15-20-32(34)27-35-25-29(2)39-28-35/h15-16,18-22,24-25H,4-14,17,23,26-28H2,1-3H3. The molecule has 0 spiro atoms. The second-order valence-corrected chi connectivity index (χ2v) is 12.1. The molecule has 0 aromatic heterocycles. The van der Waals surface area contributed by atoms with Crippen LogP contribution in [0.4, 0.5) is 5.69 Å². The fourth-order valence-corrected chi connectivity index (χ4v) is 5.91. The number of ether oxygens (including phenoxy) is 1. The molecule has 2 aromatic rings. The Kier molecular flexibility index (Phi) is 14.4. The number of allylic oxidation sites excluding steroid dienone is 1. The minimum atomic E-state index is 0.0489. The molecule has 0 fully saturated rings. The molecule has 1 heterocycles. The minimum absolute atomic E-state index is 0.0489. The third-order valence-electron chi connectivity index (χ3n) is 7.36.